The minimum absolute atomic E-state index is 0.0838. The molecule has 0 saturated heterocycles. The Morgan fingerprint density at radius 3 is 2.62 bits per heavy atom. The monoisotopic (exact) mass is 293 g/mol. The molecular formula is C17H27NO3. The molecule has 118 valence electrons. The third kappa shape index (κ3) is 7.71. The summed E-state index contributed by atoms with van der Waals surface area (Å²) in [6.45, 7) is 8.33. The van der Waals surface area contributed by atoms with Crippen molar-refractivity contribution in [1.29, 1.82) is 0 Å². The first-order chi connectivity index (χ1) is 9.86. The summed E-state index contributed by atoms with van der Waals surface area (Å²) in [5.74, 6) is 1.11. The molecule has 1 rings (SSSR count). The van der Waals surface area contributed by atoms with Gasteiger partial charge in [-0.1, -0.05) is 26.0 Å². The second-order valence-electron chi connectivity index (χ2n) is 6.08. The van der Waals surface area contributed by atoms with E-state index in [0.29, 0.717) is 25.3 Å². The Balaban J connectivity index is 2.44. The van der Waals surface area contributed by atoms with E-state index in [4.69, 9.17) is 4.74 Å². The third-order valence-corrected chi connectivity index (χ3v) is 2.91. The molecule has 0 heterocycles. The van der Waals surface area contributed by atoms with Gasteiger partial charge in [0.05, 0.1) is 18.6 Å². The number of benzene rings is 1. The maximum atomic E-state index is 11.9. The van der Waals surface area contributed by atoms with Crippen LogP contribution in [0.4, 0.5) is 0 Å². The highest BCUT2D eigenvalue weighted by molar-refractivity contribution is 5.78. The quantitative estimate of drug-likeness (QED) is 0.774. The number of carbonyl (C=O) groups excluding carboxylic acids is 1. The van der Waals surface area contributed by atoms with Crippen LogP contribution >= 0.6 is 0 Å². The van der Waals surface area contributed by atoms with Crippen LogP contribution in [0.25, 0.3) is 0 Å². The molecule has 21 heavy (non-hydrogen) atoms. The van der Waals surface area contributed by atoms with Gasteiger partial charge in [-0.05, 0) is 43.9 Å². The number of hydrogen-bond acceptors (Lipinski definition) is 3. The first-order valence-corrected chi connectivity index (χ1v) is 7.57. The molecular weight excluding hydrogens is 266 g/mol. The maximum absolute atomic E-state index is 11.9. The van der Waals surface area contributed by atoms with Gasteiger partial charge in [-0.3, -0.25) is 4.79 Å². The lowest BCUT2D eigenvalue weighted by Gasteiger charge is -2.14. The van der Waals surface area contributed by atoms with Gasteiger partial charge in [0, 0.05) is 6.54 Å². The van der Waals surface area contributed by atoms with E-state index in [1.165, 1.54) is 0 Å². The average molecular weight is 293 g/mol. The summed E-state index contributed by atoms with van der Waals surface area (Å²) in [5, 5.41) is 12.5. The Kier molecular flexibility index (Phi) is 7.23. The zero-order chi connectivity index (χ0) is 15.8. The van der Waals surface area contributed by atoms with Crippen molar-refractivity contribution in [1.82, 2.24) is 5.32 Å². The fraction of sp³-hybridized carbons (Fsp3) is 0.588. The summed E-state index contributed by atoms with van der Waals surface area (Å²) in [6, 6.07) is 7.54. The zero-order valence-corrected chi connectivity index (χ0v) is 13.4. The van der Waals surface area contributed by atoms with Crippen LogP contribution < -0.4 is 10.1 Å². The number of hydrogen-bond donors (Lipinski definition) is 2. The van der Waals surface area contributed by atoms with Gasteiger partial charge in [0.1, 0.15) is 5.75 Å². The first kappa shape index (κ1) is 17.5. The van der Waals surface area contributed by atoms with Gasteiger partial charge in [0.2, 0.25) is 5.91 Å². The number of aliphatic hydroxyl groups is 1. The molecule has 0 aliphatic heterocycles. The summed E-state index contributed by atoms with van der Waals surface area (Å²) in [5.41, 5.74) is 0.906. The molecule has 1 amide bonds. The second-order valence-corrected chi connectivity index (χ2v) is 6.08. The smallest absolute Gasteiger partial charge is 0.224 e. The highest BCUT2D eigenvalue weighted by Crippen LogP contribution is 2.15. The van der Waals surface area contributed by atoms with Gasteiger partial charge >= 0.3 is 0 Å². The Hall–Kier alpha value is -1.55. The van der Waals surface area contributed by atoms with E-state index < -0.39 is 6.10 Å². The van der Waals surface area contributed by atoms with Crippen LogP contribution in [0.15, 0.2) is 24.3 Å². The fourth-order valence-electron chi connectivity index (χ4n) is 2.11. The van der Waals surface area contributed by atoms with Gasteiger partial charge in [0.25, 0.3) is 0 Å². The fourth-order valence-corrected chi connectivity index (χ4v) is 2.11. The van der Waals surface area contributed by atoms with Crippen LogP contribution in [0.5, 0.6) is 5.75 Å². The molecule has 1 aromatic rings. The van der Waals surface area contributed by atoms with E-state index in [0.717, 1.165) is 11.3 Å². The normalized spacial score (nSPS) is 12.5. The highest BCUT2D eigenvalue weighted by atomic mass is 16.5. The van der Waals surface area contributed by atoms with Crippen molar-refractivity contribution in [3.05, 3.63) is 29.8 Å². The van der Waals surface area contributed by atoms with Crippen LogP contribution in [0.2, 0.25) is 0 Å². The molecule has 0 aliphatic rings. The minimum atomic E-state index is -0.482. The number of ether oxygens (including phenoxy) is 1. The third-order valence-electron chi connectivity index (χ3n) is 2.91. The predicted molar refractivity (Wildman–Crippen MR) is 84.4 cm³/mol. The molecule has 4 heteroatoms. The van der Waals surface area contributed by atoms with Crippen LogP contribution in [-0.4, -0.2) is 29.8 Å². The first-order valence-electron chi connectivity index (χ1n) is 7.57. The van der Waals surface area contributed by atoms with Gasteiger partial charge in [0.15, 0.2) is 0 Å². The number of rotatable bonds is 8. The van der Waals surface area contributed by atoms with Crippen molar-refractivity contribution in [3.63, 3.8) is 0 Å². The average Bonchev–Trinajstić information content (AvgIpc) is 2.35. The van der Waals surface area contributed by atoms with Crippen LogP contribution in [0, 0.1) is 5.92 Å². The lowest BCUT2D eigenvalue weighted by molar-refractivity contribution is -0.120. The van der Waals surface area contributed by atoms with Gasteiger partial charge in [-0.15, -0.1) is 0 Å². The number of amides is 1. The SMILES string of the molecule is CC(C)CC(O)CNC(=O)Cc1cccc(OC(C)C)c1. The van der Waals surface area contributed by atoms with E-state index in [1.807, 2.05) is 52.0 Å². The predicted octanol–water partition coefficient (Wildman–Crippen LogP) is 2.54. The molecule has 1 unspecified atom stereocenters. The zero-order valence-electron chi connectivity index (χ0n) is 13.4. The van der Waals surface area contributed by atoms with Crippen LogP contribution in [0.1, 0.15) is 39.7 Å². The standard InChI is InChI=1S/C17H27NO3/c1-12(2)8-15(19)11-18-17(20)10-14-6-5-7-16(9-14)21-13(3)4/h5-7,9,12-13,15,19H,8,10-11H2,1-4H3,(H,18,20). The van der Waals surface area contributed by atoms with Crippen molar-refractivity contribution in [2.75, 3.05) is 6.54 Å². The molecule has 0 fully saturated rings. The molecule has 4 nitrogen and oxygen atoms in total. The Morgan fingerprint density at radius 1 is 1.29 bits per heavy atom. The Labute approximate surface area is 127 Å². The molecule has 0 aromatic heterocycles. The molecule has 0 radical (unpaired) electrons. The topological polar surface area (TPSA) is 58.6 Å². The van der Waals surface area contributed by atoms with Crippen LogP contribution in [0.3, 0.4) is 0 Å². The van der Waals surface area contributed by atoms with Crippen molar-refractivity contribution < 1.29 is 14.6 Å². The summed E-state index contributed by atoms with van der Waals surface area (Å²) in [6.07, 6.45) is 0.617. The highest BCUT2D eigenvalue weighted by Gasteiger charge is 2.10. The van der Waals surface area contributed by atoms with E-state index in [2.05, 4.69) is 5.32 Å². The van der Waals surface area contributed by atoms with Gasteiger partial charge < -0.3 is 15.2 Å². The van der Waals surface area contributed by atoms with E-state index >= 15 is 0 Å². The van der Waals surface area contributed by atoms with E-state index in [1.54, 1.807) is 0 Å². The lowest BCUT2D eigenvalue weighted by atomic mass is 10.1. The second kappa shape index (κ2) is 8.67. The largest absolute Gasteiger partial charge is 0.491 e. The summed E-state index contributed by atoms with van der Waals surface area (Å²) < 4.78 is 5.61. The summed E-state index contributed by atoms with van der Waals surface area (Å²) >= 11 is 0. The van der Waals surface area contributed by atoms with Crippen molar-refractivity contribution in [2.24, 2.45) is 5.92 Å². The number of aliphatic hydroxyl groups excluding tert-OH is 1. The molecule has 0 bridgehead atoms. The minimum Gasteiger partial charge on any atom is -0.491 e. The molecule has 0 saturated carbocycles. The van der Waals surface area contributed by atoms with E-state index in [9.17, 15) is 9.90 Å². The Bertz CT molecular complexity index is 443. The molecule has 0 aliphatic carbocycles. The number of nitrogens with one attached hydrogen (secondary N) is 1. The van der Waals surface area contributed by atoms with Crippen LogP contribution in [-0.2, 0) is 11.2 Å². The summed E-state index contributed by atoms with van der Waals surface area (Å²) in [7, 11) is 0. The van der Waals surface area contributed by atoms with Crippen molar-refractivity contribution >= 4 is 5.91 Å². The molecule has 1 atom stereocenters. The van der Waals surface area contributed by atoms with Crippen molar-refractivity contribution in [2.45, 2.75) is 52.7 Å². The number of carbonyl (C=O) groups is 1. The molecule has 0 spiro atoms. The van der Waals surface area contributed by atoms with Crippen molar-refractivity contribution in [3.8, 4) is 5.75 Å². The lowest BCUT2D eigenvalue weighted by Crippen LogP contribution is -2.33. The van der Waals surface area contributed by atoms with E-state index in [-0.39, 0.29) is 12.0 Å². The Morgan fingerprint density at radius 2 is 2.00 bits per heavy atom. The van der Waals surface area contributed by atoms with Gasteiger partial charge in [-0.2, -0.15) is 0 Å². The van der Waals surface area contributed by atoms with Gasteiger partial charge in [-0.25, -0.2) is 0 Å². The summed E-state index contributed by atoms with van der Waals surface area (Å²) in [4.78, 5) is 11.9. The maximum Gasteiger partial charge on any atom is 0.224 e. The molecule has 2 N–H and O–H groups in total. The molecule has 1 aromatic carbocycles.